The Morgan fingerprint density at radius 1 is 1.00 bits per heavy atom. The van der Waals surface area contributed by atoms with Gasteiger partial charge in [-0.3, -0.25) is 9.52 Å². The summed E-state index contributed by atoms with van der Waals surface area (Å²) >= 11 is 0. The minimum Gasteiger partial charge on any atom is -0.481 e. The fourth-order valence-corrected chi connectivity index (χ4v) is 5.38. The van der Waals surface area contributed by atoms with Crippen LogP contribution in [0, 0.1) is 6.92 Å². The summed E-state index contributed by atoms with van der Waals surface area (Å²) in [6.07, 6.45) is 1.98. The summed E-state index contributed by atoms with van der Waals surface area (Å²) < 4.78 is 28.9. The van der Waals surface area contributed by atoms with E-state index in [4.69, 9.17) is 5.11 Å². The number of anilines is 1. The lowest BCUT2D eigenvalue weighted by molar-refractivity contribution is -0.136. The molecule has 0 atom stereocenters. The SMILES string of the molecule is Cc1cc2c(cc1S(=O)(=O)Nc1ccc(CC(=O)O)cc1)C(C)(C)CCC2(C)C. The lowest BCUT2D eigenvalue weighted by atomic mass is 9.63. The highest BCUT2D eigenvalue weighted by Gasteiger charge is 2.38. The Kier molecular flexibility index (Phi) is 5.28. The maximum atomic E-state index is 13.1. The van der Waals surface area contributed by atoms with E-state index in [0.717, 1.165) is 24.0 Å². The molecule has 6 heteroatoms. The molecule has 2 aromatic carbocycles. The molecule has 0 heterocycles. The van der Waals surface area contributed by atoms with Gasteiger partial charge in [0.05, 0.1) is 11.3 Å². The number of carbonyl (C=O) groups is 1. The quantitative estimate of drug-likeness (QED) is 0.737. The molecule has 0 spiro atoms. The molecule has 0 radical (unpaired) electrons. The average Bonchev–Trinajstić information content (AvgIpc) is 2.59. The average molecular weight is 416 g/mol. The van der Waals surface area contributed by atoms with Crippen LogP contribution < -0.4 is 4.72 Å². The van der Waals surface area contributed by atoms with E-state index in [1.54, 1.807) is 24.3 Å². The Hall–Kier alpha value is -2.34. The Labute approximate surface area is 173 Å². The number of nitrogens with one attached hydrogen (secondary N) is 1. The van der Waals surface area contributed by atoms with Crippen molar-refractivity contribution in [2.45, 2.75) is 69.6 Å². The zero-order valence-corrected chi connectivity index (χ0v) is 18.5. The molecular formula is C23H29NO4S. The molecule has 0 saturated heterocycles. The standard InChI is InChI=1S/C23H29NO4S/c1-15-12-18-19(23(4,5)11-10-22(18,2)3)14-20(15)29(27,28)24-17-8-6-16(7-9-17)13-21(25)26/h6-9,12,14,24H,10-11,13H2,1-5H3,(H,25,26). The number of benzene rings is 2. The van der Waals surface area contributed by atoms with Crippen LogP contribution in [0.1, 0.15) is 62.8 Å². The van der Waals surface area contributed by atoms with Crippen molar-refractivity contribution in [3.05, 3.63) is 58.7 Å². The van der Waals surface area contributed by atoms with Gasteiger partial charge in [0.1, 0.15) is 0 Å². The summed E-state index contributed by atoms with van der Waals surface area (Å²) in [5, 5.41) is 8.87. The topological polar surface area (TPSA) is 83.5 Å². The lowest BCUT2D eigenvalue weighted by Gasteiger charge is -2.42. The van der Waals surface area contributed by atoms with Crippen LogP contribution in [0.3, 0.4) is 0 Å². The molecule has 0 aromatic heterocycles. The van der Waals surface area contributed by atoms with Gasteiger partial charge >= 0.3 is 5.97 Å². The largest absolute Gasteiger partial charge is 0.481 e. The summed E-state index contributed by atoms with van der Waals surface area (Å²) in [6, 6.07) is 10.3. The first kappa shape index (κ1) is 21.4. The second-order valence-corrected chi connectivity index (χ2v) is 11.0. The van der Waals surface area contributed by atoms with E-state index in [9.17, 15) is 13.2 Å². The first-order chi connectivity index (χ1) is 13.3. The zero-order valence-electron chi connectivity index (χ0n) is 17.7. The van der Waals surface area contributed by atoms with E-state index in [-0.39, 0.29) is 22.1 Å². The van der Waals surface area contributed by atoms with Crippen molar-refractivity contribution in [1.29, 1.82) is 0 Å². The third-order valence-electron chi connectivity index (χ3n) is 6.00. The molecule has 156 valence electrons. The molecule has 0 aliphatic heterocycles. The van der Waals surface area contributed by atoms with Crippen molar-refractivity contribution in [3.63, 3.8) is 0 Å². The van der Waals surface area contributed by atoms with Crippen molar-refractivity contribution >= 4 is 21.7 Å². The number of sulfonamides is 1. The van der Waals surface area contributed by atoms with Gasteiger partial charge in [-0.05, 0) is 71.0 Å². The van der Waals surface area contributed by atoms with Gasteiger partial charge in [-0.2, -0.15) is 0 Å². The number of carboxylic acid groups (broad SMARTS) is 1. The first-order valence-corrected chi connectivity index (χ1v) is 11.3. The third-order valence-corrected chi connectivity index (χ3v) is 7.52. The summed E-state index contributed by atoms with van der Waals surface area (Å²) in [6.45, 7) is 10.6. The van der Waals surface area contributed by atoms with Crippen molar-refractivity contribution in [2.75, 3.05) is 4.72 Å². The number of aryl methyl sites for hydroxylation is 1. The summed E-state index contributed by atoms with van der Waals surface area (Å²) in [7, 11) is -3.77. The molecule has 0 bridgehead atoms. The van der Waals surface area contributed by atoms with Crippen LogP contribution in [0.2, 0.25) is 0 Å². The van der Waals surface area contributed by atoms with E-state index in [2.05, 4.69) is 32.4 Å². The Bertz CT molecular complexity index is 1050. The monoisotopic (exact) mass is 415 g/mol. The van der Waals surface area contributed by atoms with Gasteiger partial charge in [0.2, 0.25) is 0 Å². The van der Waals surface area contributed by atoms with E-state index in [1.165, 1.54) is 5.56 Å². The highest BCUT2D eigenvalue weighted by Crippen LogP contribution is 2.47. The van der Waals surface area contributed by atoms with E-state index < -0.39 is 16.0 Å². The summed E-state index contributed by atoms with van der Waals surface area (Å²) in [5.41, 5.74) is 4.02. The Morgan fingerprint density at radius 3 is 2.03 bits per heavy atom. The normalized spacial score (nSPS) is 17.4. The Balaban J connectivity index is 1.98. The van der Waals surface area contributed by atoms with Crippen molar-refractivity contribution in [1.82, 2.24) is 0 Å². The third kappa shape index (κ3) is 4.32. The van der Waals surface area contributed by atoms with Gasteiger partial charge < -0.3 is 5.11 Å². The van der Waals surface area contributed by atoms with Gasteiger partial charge in [0.15, 0.2) is 0 Å². The maximum Gasteiger partial charge on any atom is 0.307 e. The number of rotatable bonds is 5. The smallest absolute Gasteiger partial charge is 0.307 e. The minimum atomic E-state index is -3.77. The molecule has 0 amide bonds. The molecule has 0 fully saturated rings. The van der Waals surface area contributed by atoms with E-state index >= 15 is 0 Å². The van der Waals surface area contributed by atoms with Crippen molar-refractivity contribution in [2.24, 2.45) is 0 Å². The van der Waals surface area contributed by atoms with Crippen molar-refractivity contribution < 1.29 is 18.3 Å². The number of carboxylic acids is 1. The molecular weight excluding hydrogens is 386 g/mol. The van der Waals surface area contributed by atoms with Gasteiger partial charge in [-0.25, -0.2) is 8.42 Å². The molecule has 5 nitrogen and oxygen atoms in total. The molecule has 2 N–H and O–H groups in total. The van der Waals surface area contributed by atoms with Crippen molar-refractivity contribution in [3.8, 4) is 0 Å². The van der Waals surface area contributed by atoms with Crippen LogP contribution >= 0.6 is 0 Å². The molecule has 0 unspecified atom stereocenters. The minimum absolute atomic E-state index is 0.0192. The van der Waals surface area contributed by atoms with Gasteiger partial charge in [-0.1, -0.05) is 45.9 Å². The summed E-state index contributed by atoms with van der Waals surface area (Å²) in [5.74, 6) is -0.923. The van der Waals surface area contributed by atoms with Crippen LogP contribution in [0.15, 0.2) is 41.3 Å². The summed E-state index contributed by atoms with van der Waals surface area (Å²) in [4.78, 5) is 11.1. The van der Waals surface area contributed by atoms with Crippen LogP contribution in [0.5, 0.6) is 0 Å². The van der Waals surface area contributed by atoms with Gasteiger partial charge in [-0.15, -0.1) is 0 Å². The zero-order chi connectivity index (χ0) is 21.6. The maximum absolute atomic E-state index is 13.1. The van der Waals surface area contributed by atoms with Crippen LogP contribution in [-0.4, -0.2) is 19.5 Å². The predicted octanol–water partition coefficient (Wildman–Crippen LogP) is 4.77. The Morgan fingerprint density at radius 2 is 1.52 bits per heavy atom. The molecule has 1 aliphatic carbocycles. The number of aliphatic carboxylic acids is 1. The molecule has 0 saturated carbocycles. The fourth-order valence-electron chi connectivity index (χ4n) is 4.07. The molecule has 1 aliphatic rings. The lowest BCUT2D eigenvalue weighted by Crippen LogP contribution is -2.34. The van der Waals surface area contributed by atoms with Gasteiger partial charge in [0.25, 0.3) is 10.0 Å². The number of hydrogen-bond donors (Lipinski definition) is 2. The molecule has 29 heavy (non-hydrogen) atoms. The second-order valence-electron chi connectivity index (χ2n) is 9.30. The van der Waals surface area contributed by atoms with E-state index in [1.807, 2.05) is 19.1 Å². The van der Waals surface area contributed by atoms with E-state index in [0.29, 0.717) is 11.3 Å². The highest BCUT2D eigenvalue weighted by atomic mass is 32.2. The molecule has 2 aromatic rings. The van der Waals surface area contributed by atoms with Crippen LogP contribution in [-0.2, 0) is 32.1 Å². The van der Waals surface area contributed by atoms with Gasteiger partial charge in [0, 0.05) is 5.69 Å². The number of hydrogen-bond acceptors (Lipinski definition) is 3. The van der Waals surface area contributed by atoms with Crippen LogP contribution in [0.4, 0.5) is 5.69 Å². The fraction of sp³-hybridized carbons (Fsp3) is 0.435. The molecule has 3 rings (SSSR count). The highest BCUT2D eigenvalue weighted by molar-refractivity contribution is 7.92. The first-order valence-electron chi connectivity index (χ1n) is 9.81. The predicted molar refractivity (Wildman–Crippen MR) is 115 cm³/mol. The second kappa shape index (κ2) is 7.17. The number of fused-ring (bicyclic) bond motifs is 1. The van der Waals surface area contributed by atoms with Crippen LogP contribution in [0.25, 0.3) is 0 Å².